The molecule has 24 heavy (non-hydrogen) atoms. The average molecular weight is 319 g/mol. The minimum atomic E-state index is 1.18. The minimum absolute atomic E-state index is 1.18. The number of hydrogen-bond acceptors (Lipinski definition) is 1. The molecular formula is C21H25N3+2. The summed E-state index contributed by atoms with van der Waals surface area (Å²) in [5, 5.41) is 0. The van der Waals surface area contributed by atoms with Gasteiger partial charge in [-0.1, -0.05) is 18.2 Å². The first-order valence-corrected chi connectivity index (χ1v) is 8.33. The highest BCUT2D eigenvalue weighted by Crippen LogP contribution is 2.25. The standard InChI is InChI=1S/C12H14N2.C9H11N/c1-13-7-3-11(4-8-13)12-5-9-14(2)10-6-12;1-10-7-6-8-4-2-3-5-9(8)10/h3-10H,1-2H3;2-5H,6-7H2,1H3/q+2;. The van der Waals surface area contributed by atoms with Crippen LogP contribution >= 0.6 is 0 Å². The third kappa shape index (κ3) is 3.80. The molecule has 0 N–H and O–H groups in total. The molecule has 3 aromatic rings. The summed E-state index contributed by atoms with van der Waals surface area (Å²) in [5.74, 6) is 0. The van der Waals surface area contributed by atoms with Gasteiger partial charge < -0.3 is 4.90 Å². The van der Waals surface area contributed by atoms with E-state index in [1.807, 2.05) is 23.2 Å². The zero-order valence-electron chi connectivity index (χ0n) is 14.7. The third-order valence-electron chi connectivity index (χ3n) is 4.41. The molecule has 1 aromatic carbocycles. The van der Waals surface area contributed by atoms with E-state index < -0.39 is 0 Å². The van der Waals surface area contributed by atoms with Crippen molar-refractivity contribution in [3.8, 4) is 11.1 Å². The van der Waals surface area contributed by atoms with E-state index in [-0.39, 0.29) is 0 Å². The minimum Gasteiger partial charge on any atom is -0.374 e. The maximum Gasteiger partial charge on any atom is 0.169 e. The smallest absolute Gasteiger partial charge is 0.169 e. The van der Waals surface area contributed by atoms with Crippen molar-refractivity contribution in [3.63, 3.8) is 0 Å². The van der Waals surface area contributed by atoms with Crippen molar-refractivity contribution in [2.75, 3.05) is 18.5 Å². The first kappa shape index (κ1) is 16.2. The number of fused-ring (bicyclic) bond motifs is 1. The van der Waals surface area contributed by atoms with E-state index >= 15 is 0 Å². The second kappa shape index (κ2) is 7.26. The van der Waals surface area contributed by atoms with Crippen molar-refractivity contribution in [1.29, 1.82) is 0 Å². The first-order chi connectivity index (χ1) is 11.6. The van der Waals surface area contributed by atoms with Crippen molar-refractivity contribution >= 4 is 5.69 Å². The molecular weight excluding hydrogens is 294 g/mol. The summed E-state index contributed by atoms with van der Waals surface area (Å²) in [5.41, 5.74) is 5.40. The third-order valence-corrected chi connectivity index (χ3v) is 4.41. The summed E-state index contributed by atoms with van der Waals surface area (Å²) in [7, 11) is 6.19. The topological polar surface area (TPSA) is 11.0 Å². The van der Waals surface area contributed by atoms with Gasteiger partial charge in [0, 0.05) is 43.5 Å². The highest BCUT2D eigenvalue weighted by Gasteiger charge is 2.12. The zero-order valence-corrected chi connectivity index (χ0v) is 14.7. The summed E-state index contributed by atoms with van der Waals surface area (Å²) >= 11 is 0. The summed E-state index contributed by atoms with van der Waals surface area (Å²) in [4.78, 5) is 2.30. The van der Waals surface area contributed by atoms with E-state index in [0.717, 1.165) is 0 Å². The van der Waals surface area contributed by atoms with Crippen molar-refractivity contribution in [2.45, 2.75) is 6.42 Å². The van der Waals surface area contributed by atoms with Gasteiger partial charge >= 0.3 is 0 Å². The summed E-state index contributed by atoms with van der Waals surface area (Å²) < 4.78 is 4.07. The molecule has 3 nitrogen and oxygen atoms in total. The molecule has 0 aliphatic carbocycles. The predicted molar refractivity (Wildman–Crippen MR) is 97.6 cm³/mol. The summed E-state index contributed by atoms with van der Waals surface area (Å²) in [6, 6.07) is 17.1. The van der Waals surface area contributed by atoms with Crippen LogP contribution in [0, 0.1) is 0 Å². The predicted octanol–water partition coefficient (Wildman–Crippen LogP) is 2.68. The van der Waals surface area contributed by atoms with E-state index in [0.29, 0.717) is 0 Å². The Morgan fingerprint density at radius 2 is 1.25 bits per heavy atom. The van der Waals surface area contributed by atoms with Crippen LogP contribution in [0.3, 0.4) is 0 Å². The molecule has 2 aromatic heterocycles. The van der Waals surface area contributed by atoms with Gasteiger partial charge in [-0.2, -0.15) is 0 Å². The van der Waals surface area contributed by atoms with Gasteiger partial charge in [0.25, 0.3) is 0 Å². The summed E-state index contributed by atoms with van der Waals surface area (Å²) in [6.07, 6.45) is 9.45. The zero-order chi connectivity index (χ0) is 16.9. The molecule has 0 saturated heterocycles. The van der Waals surface area contributed by atoms with Gasteiger partial charge in [-0.25, -0.2) is 9.13 Å². The van der Waals surface area contributed by atoms with Crippen molar-refractivity contribution in [2.24, 2.45) is 14.1 Å². The molecule has 0 spiro atoms. The van der Waals surface area contributed by atoms with E-state index in [9.17, 15) is 0 Å². The normalized spacial score (nSPS) is 12.4. The van der Waals surface area contributed by atoms with Crippen LogP contribution < -0.4 is 14.0 Å². The largest absolute Gasteiger partial charge is 0.374 e. The molecule has 0 unspecified atom stereocenters. The highest BCUT2D eigenvalue weighted by molar-refractivity contribution is 5.61. The monoisotopic (exact) mass is 319 g/mol. The van der Waals surface area contributed by atoms with Gasteiger partial charge in [-0.05, 0) is 29.2 Å². The number of benzene rings is 1. The van der Waals surface area contributed by atoms with Gasteiger partial charge in [-0.3, -0.25) is 0 Å². The molecule has 0 fully saturated rings. The van der Waals surface area contributed by atoms with Crippen molar-refractivity contribution in [3.05, 3.63) is 78.9 Å². The lowest BCUT2D eigenvalue weighted by molar-refractivity contribution is -0.671. The van der Waals surface area contributed by atoms with Crippen molar-refractivity contribution in [1.82, 2.24) is 0 Å². The molecule has 1 aliphatic rings. The van der Waals surface area contributed by atoms with Crippen LogP contribution in [0.15, 0.2) is 73.3 Å². The van der Waals surface area contributed by atoms with E-state index in [1.165, 1.54) is 35.3 Å². The lowest BCUT2D eigenvalue weighted by Crippen LogP contribution is -2.26. The number of aryl methyl sites for hydroxylation is 2. The van der Waals surface area contributed by atoms with Gasteiger partial charge in [0.05, 0.1) is 0 Å². The lowest BCUT2D eigenvalue weighted by atomic mass is 10.1. The lowest BCUT2D eigenvalue weighted by Gasteiger charge is -2.10. The van der Waals surface area contributed by atoms with Crippen LogP contribution in [-0.4, -0.2) is 13.6 Å². The fourth-order valence-corrected chi connectivity index (χ4v) is 2.89. The van der Waals surface area contributed by atoms with Crippen LogP contribution in [0.25, 0.3) is 11.1 Å². The Labute approximate surface area is 144 Å². The number of rotatable bonds is 1. The number of hydrogen-bond donors (Lipinski definition) is 0. The van der Waals surface area contributed by atoms with Crippen LogP contribution in [0.4, 0.5) is 5.69 Å². The van der Waals surface area contributed by atoms with Crippen molar-refractivity contribution < 1.29 is 9.13 Å². The Bertz CT molecular complexity index is 749. The van der Waals surface area contributed by atoms with Crippen LogP contribution in [0.5, 0.6) is 0 Å². The molecule has 0 atom stereocenters. The Morgan fingerprint density at radius 3 is 1.75 bits per heavy atom. The first-order valence-electron chi connectivity index (χ1n) is 8.33. The Morgan fingerprint density at radius 1 is 0.750 bits per heavy atom. The van der Waals surface area contributed by atoms with E-state index in [1.54, 1.807) is 0 Å². The number of nitrogens with zero attached hydrogens (tertiary/aromatic N) is 3. The number of pyridine rings is 2. The molecule has 0 saturated carbocycles. The highest BCUT2D eigenvalue weighted by atomic mass is 15.1. The fraction of sp³-hybridized carbons (Fsp3) is 0.238. The molecule has 4 rings (SSSR count). The molecule has 3 heteroatoms. The van der Waals surface area contributed by atoms with Crippen LogP contribution in [0.1, 0.15) is 5.56 Å². The molecule has 1 aliphatic heterocycles. The van der Waals surface area contributed by atoms with Gasteiger partial charge in [0.2, 0.25) is 0 Å². The van der Waals surface area contributed by atoms with Gasteiger partial charge in [0.1, 0.15) is 14.1 Å². The second-order valence-corrected chi connectivity index (χ2v) is 6.30. The van der Waals surface area contributed by atoms with E-state index in [4.69, 9.17) is 0 Å². The number of para-hydroxylation sites is 1. The molecule has 0 amide bonds. The number of likely N-dealkylation sites (N-methyl/N-ethyl adjacent to an activating group) is 1. The summed E-state index contributed by atoms with van der Waals surface area (Å²) in [6.45, 7) is 1.18. The molecule has 0 bridgehead atoms. The maximum absolute atomic E-state index is 2.30. The molecule has 3 heterocycles. The number of anilines is 1. The SMILES string of the molecule is CN1CCc2ccccc21.C[n+]1ccc(-c2cc[n+](C)cc2)cc1. The number of aromatic nitrogens is 2. The Kier molecular flexibility index (Phi) is 4.90. The quantitative estimate of drug-likeness (QED) is 0.628. The Hall–Kier alpha value is -2.68. The maximum atomic E-state index is 2.30. The molecule has 122 valence electrons. The Balaban J connectivity index is 0.000000149. The fourth-order valence-electron chi connectivity index (χ4n) is 2.89. The van der Waals surface area contributed by atoms with E-state index in [2.05, 4.69) is 85.3 Å². The second-order valence-electron chi connectivity index (χ2n) is 6.30. The van der Waals surface area contributed by atoms with Gasteiger partial charge in [-0.15, -0.1) is 0 Å². The average Bonchev–Trinajstić information content (AvgIpc) is 2.99. The van der Waals surface area contributed by atoms with Gasteiger partial charge in [0.15, 0.2) is 24.8 Å². The van der Waals surface area contributed by atoms with Crippen LogP contribution in [0.2, 0.25) is 0 Å². The molecule has 0 radical (unpaired) electrons. The van der Waals surface area contributed by atoms with Crippen LogP contribution in [-0.2, 0) is 20.5 Å².